The van der Waals surface area contributed by atoms with Crippen LogP contribution in [0.5, 0.6) is 0 Å². The highest BCUT2D eigenvalue weighted by atomic mass is 16.5. The third-order valence-corrected chi connectivity index (χ3v) is 4.75. The summed E-state index contributed by atoms with van der Waals surface area (Å²) < 4.78 is 5.55. The van der Waals surface area contributed by atoms with Crippen molar-refractivity contribution in [1.29, 1.82) is 0 Å². The molecule has 3 atom stereocenters. The summed E-state index contributed by atoms with van der Waals surface area (Å²) in [6.45, 7) is 6.99. The Morgan fingerprint density at radius 3 is 2.59 bits per heavy atom. The van der Waals surface area contributed by atoms with Crippen molar-refractivity contribution in [1.82, 2.24) is 0 Å². The van der Waals surface area contributed by atoms with Crippen molar-refractivity contribution in [3.05, 3.63) is 12.2 Å². The summed E-state index contributed by atoms with van der Waals surface area (Å²) in [5.74, 6) is 1.59. The van der Waals surface area contributed by atoms with Gasteiger partial charge in [-0.25, -0.2) is 0 Å². The van der Waals surface area contributed by atoms with E-state index in [2.05, 4.69) is 32.9 Å². The first kappa shape index (κ1) is 12.7. The average molecular weight is 236 g/mol. The Hall–Kier alpha value is -0.790. The minimum atomic E-state index is -0.245. The topological polar surface area (TPSA) is 26.3 Å². The maximum atomic E-state index is 12.2. The fraction of sp³-hybridized carbons (Fsp3) is 0.800. The van der Waals surface area contributed by atoms with E-state index in [-0.39, 0.29) is 11.4 Å². The molecule has 2 heteroatoms. The van der Waals surface area contributed by atoms with Crippen LogP contribution in [0.25, 0.3) is 0 Å². The summed E-state index contributed by atoms with van der Waals surface area (Å²) >= 11 is 0. The lowest BCUT2D eigenvalue weighted by atomic mass is 9.78. The first-order valence-corrected chi connectivity index (χ1v) is 6.95. The van der Waals surface area contributed by atoms with Gasteiger partial charge in [-0.3, -0.25) is 4.79 Å². The zero-order chi connectivity index (χ0) is 12.5. The van der Waals surface area contributed by atoms with Crippen LogP contribution in [-0.2, 0) is 9.53 Å². The summed E-state index contributed by atoms with van der Waals surface area (Å²) in [4.78, 5) is 12.2. The number of allylic oxidation sites excluding steroid dienone is 2. The molecule has 2 rings (SSSR count). The molecule has 2 bridgehead atoms. The van der Waals surface area contributed by atoms with Crippen LogP contribution in [-0.4, -0.2) is 12.6 Å². The zero-order valence-corrected chi connectivity index (χ0v) is 11.2. The van der Waals surface area contributed by atoms with Gasteiger partial charge in [0.1, 0.15) is 0 Å². The highest BCUT2D eigenvalue weighted by Crippen LogP contribution is 2.52. The van der Waals surface area contributed by atoms with E-state index in [0.29, 0.717) is 24.4 Å². The Balaban J connectivity index is 1.90. The van der Waals surface area contributed by atoms with Crippen LogP contribution in [0.1, 0.15) is 46.5 Å². The van der Waals surface area contributed by atoms with Crippen LogP contribution in [0.3, 0.4) is 0 Å². The van der Waals surface area contributed by atoms with E-state index in [1.807, 2.05) is 0 Å². The molecule has 3 unspecified atom stereocenters. The van der Waals surface area contributed by atoms with Crippen LogP contribution in [0.15, 0.2) is 12.2 Å². The molecule has 0 aromatic rings. The minimum absolute atomic E-state index is 0.0289. The second-order valence-electron chi connectivity index (χ2n) is 5.89. The third-order valence-electron chi connectivity index (χ3n) is 4.75. The van der Waals surface area contributed by atoms with Gasteiger partial charge in [0.15, 0.2) is 0 Å². The Bertz CT molecular complexity index is 317. The van der Waals surface area contributed by atoms with E-state index >= 15 is 0 Å². The monoisotopic (exact) mass is 236 g/mol. The van der Waals surface area contributed by atoms with Gasteiger partial charge >= 0.3 is 5.97 Å². The summed E-state index contributed by atoms with van der Waals surface area (Å²) in [7, 11) is 0. The summed E-state index contributed by atoms with van der Waals surface area (Å²) in [6.07, 6.45) is 8.79. The van der Waals surface area contributed by atoms with Crippen LogP contribution in [0, 0.1) is 23.2 Å². The minimum Gasteiger partial charge on any atom is -0.465 e. The Morgan fingerprint density at radius 1 is 1.41 bits per heavy atom. The van der Waals surface area contributed by atoms with Crippen molar-refractivity contribution in [3.63, 3.8) is 0 Å². The van der Waals surface area contributed by atoms with Gasteiger partial charge < -0.3 is 4.74 Å². The number of carbonyl (C=O) groups is 1. The normalized spacial score (nSPS) is 34.6. The first-order valence-electron chi connectivity index (χ1n) is 6.95. The molecule has 0 aliphatic heterocycles. The van der Waals surface area contributed by atoms with Crippen LogP contribution >= 0.6 is 0 Å². The van der Waals surface area contributed by atoms with Gasteiger partial charge in [-0.15, -0.1) is 0 Å². The molecule has 1 fully saturated rings. The Labute approximate surface area is 104 Å². The van der Waals surface area contributed by atoms with Crippen LogP contribution in [0.2, 0.25) is 0 Å². The standard InChI is InChI=1S/C15H24O2/c1-4-11(5-2)10-17-14(16)15(3)9-12-6-7-13(15)8-12/h6-7,11-13H,4-5,8-10H2,1-3H3. The quantitative estimate of drug-likeness (QED) is 0.539. The van der Waals surface area contributed by atoms with E-state index in [1.165, 1.54) is 0 Å². The lowest BCUT2D eigenvalue weighted by molar-refractivity contribution is -0.158. The Kier molecular flexibility index (Phi) is 3.60. The first-order chi connectivity index (χ1) is 8.10. The van der Waals surface area contributed by atoms with Gasteiger partial charge in [-0.05, 0) is 37.5 Å². The average Bonchev–Trinajstić information content (AvgIpc) is 2.90. The second kappa shape index (κ2) is 4.83. The number of ether oxygens (including phenoxy) is 1. The molecule has 0 amide bonds. The highest BCUT2D eigenvalue weighted by Gasteiger charge is 2.51. The number of carbonyl (C=O) groups excluding carboxylic acids is 1. The smallest absolute Gasteiger partial charge is 0.312 e. The molecule has 0 radical (unpaired) electrons. The SMILES string of the molecule is CCC(CC)COC(=O)C1(C)CC2C=CC1C2. The van der Waals surface area contributed by atoms with E-state index < -0.39 is 0 Å². The van der Waals surface area contributed by atoms with Gasteiger partial charge in [0.2, 0.25) is 0 Å². The molecular formula is C15H24O2. The number of rotatable bonds is 5. The van der Waals surface area contributed by atoms with Crippen molar-refractivity contribution in [2.75, 3.05) is 6.61 Å². The highest BCUT2D eigenvalue weighted by molar-refractivity contribution is 5.78. The predicted octanol–water partition coefficient (Wildman–Crippen LogP) is 3.57. The number of hydrogen-bond acceptors (Lipinski definition) is 2. The lowest BCUT2D eigenvalue weighted by Crippen LogP contribution is -2.34. The van der Waals surface area contributed by atoms with Crippen LogP contribution < -0.4 is 0 Å². The molecule has 2 aliphatic carbocycles. The van der Waals surface area contributed by atoms with Crippen molar-refractivity contribution in [2.24, 2.45) is 23.2 Å². The largest absolute Gasteiger partial charge is 0.465 e. The van der Waals surface area contributed by atoms with Crippen molar-refractivity contribution in [2.45, 2.75) is 46.5 Å². The van der Waals surface area contributed by atoms with Crippen LogP contribution in [0.4, 0.5) is 0 Å². The molecule has 96 valence electrons. The molecule has 0 N–H and O–H groups in total. The van der Waals surface area contributed by atoms with E-state index in [9.17, 15) is 4.79 Å². The van der Waals surface area contributed by atoms with Gasteiger partial charge in [0.05, 0.1) is 12.0 Å². The fourth-order valence-electron chi connectivity index (χ4n) is 3.21. The number of esters is 1. The molecular weight excluding hydrogens is 212 g/mol. The van der Waals surface area contributed by atoms with Crippen molar-refractivity contribution in [3.8, 4) is 0 Å². The van der Waals surface area contributed by atoms with Gasteiger partial charge in [0, 0.05) is 0 Å². The van der Waals surface area contributed by atoms with E-state index in [0.717, 1.165) is 25.7 Å². The molecule has 0 aromatic carbocycles. The molecule has 0 heterocycles. The fourth-order valence-corrected chi connectivity index (χ4v) is 3.21. The molecule has 0 spiro atoms. The van der Waals surface area contributed by atoms with E-state index in [1.54, 1.807) is 0 Å². The Morgan fingerprint density at radius 2 is 2.12 bits per heavy atom. The van der Waals surface area contributed by atoms with Gasteiger partial charge in [0.25, 0.3) is 0 Å². The van der Waals surface area contributed by atoms with Gasteiger partial charge in [-0.1, -0.05) is 38.8 Å². The van der Waals surface area contributed by atoms with Gasteiger partial charge in [-0.2, -0.15) is 0 Å². The van der Waals surface area contributed by atoms with E-state index in [4.69, 9.17) is 4.74 Å². The lowest BCUT2D eigenvalue weighted by Gasteiger charge is -2.29. The summed E-state index contributed by atoms with van der Waals surface area (Å²) in [6, 6.07) is 0. The maximum absolute atomic E-state index is 12.2. The molecule has 2 nitrogen and oxygen atoms in total. The molecule has 17 heavy (non-hydrogen) atoms. The molecule has 2 aliphatic rings. The zero-order valence-electron chi connectivity index (χ0n) is 11.2. The predicted molar refractivity (Wildman–Crippen MR) is 68.5 cm³/mol. The third kappa shape index (κ3) is 2.27. The number of hydrogen-bond donors (Lipinski definition) is 0. The molecule has 0 saturated heterocycles. The molecule has 0 aromatic heterocycles. The van der Waals surface area contributed by atoms with Crippen molar-refractivity contribution < 1.29 is 9.53 Å². The molecule has 1 saturated carbocycles. The maximum Gasteiger partial charge on any atom is 0.312 e. The second-order valence-corrected chi connectivity index (χ2v) is 5.89. The summed E-state index contributed by atoms with van der Waals surface area (Å²) in [5, 5.41) is 0. The van der Waals surface area contributed by atoms with Crippen molar-refractivity contribution >= 4 is 5.97 Å². The number of fused-ring (bicyclic) bond motifs is 2. The summed E-state index contributed by atoms with van der Waals surface area (Å²) in [5.41, 5.74) is -0.245.